The molecule has 1 fully saturated rings. The number of aromatic amines is 1. The van der Waals surface area contributed by atoms with Crippen molar-refractivity contribution in [2.45, 2.75) is 38.8 Å². The minimum absolute atomic E-state index is 0. The maximum absolute atomic E-state index is 12.8. The van der Waals surface area contributed by atoms with Crippen molar-refractivity contribution in [2.24, 2.45) is 11.7 Å². The van der Waals surface area contributed by atoms with Gasteiger partial charge in [0.1, 0.15) is 5.82 Å². The second kappa shape index (κ2) is 9.25. The fourth-order valence-corrected chi connectivity index (χ4v) is 3.65. The molecule has 1 amide bonds. The van der Waals surface area contributed by atoms with Crippen molar-refractivity contribution in [1.82, 2.24) is 14.9 Å². The predicted octanol–water partition coefficient (Wildman–Crippen LogP) is 1.84. The smallest absolute Gasteiger partial charge is 0.258 e. The van der Waals surface area contributed by atoms with Crippen LogP contribution in [0.3, 0.4) is 0 Å². The van der Waals surface area contributed by atoms with Crippen molar-refractivity contribution >= 4 is 29.2 Å². The number of carbonyl (C=O) groups excluding carboxylic acids is 1. The normalized spacial score (nSPS) is 18.6. The fourth-order valence-electron chi connectivity index (χ4n) is 3.65. The van der Waals surface area contributed by atoms with Crippen LogP contribution in [-0.4, -0.2) is 47.6 Å². The predicted molar refractivity (Wildman–Crippen MR) is 109 cm³/mol. The van der Waals surface area contributed by atoms with Crippen LogP contribution in [0.2, 0.25) is 0 Å². The van der Waals surface area contributed by atoms with Crippen LogP contribution in [0, 0.1) is 5.92 Å². The number of hydrogen-bond acceptors (Lipinski definition) is 6. The molecule has 0 saturated heterocycles. The largest absolute Gasteiger partial charge is 0.493 e. The summed E-state index contributed by atoms with van der Waals surface area (Å²) in [5, 5.41) is 0.406. The highest BCUT2D eigenvalue weighted by atomic mass is 35.5. The monoisotopic (exact) mass is 410 g/mol. The Morgan fingerprint density at radius 3 is 2.54 bits per heavy atom. The van der Waals surface area contributed by atoms with Gasteiger partial charge >= 0.3 is 0 Å². The second-order valence-corrected chi connectivity index (χ2v) is 6.79. The number of ether oxygens (including phenoxy) is 2. The molecule has 1 aliphatic carbocycles. The van der Waals surface area contributed by atoms with Gasteiger partial charge in [0.05, 0.1) is 37.6 Å². The van der Waals surface area contributed by atoms with E-state index in [0.29, 0.717) is 34.8 Å². The Hall–Kier alpha value is -2.32. The summed E-state index contributed by atoms with van der Waals surface area (Å²) in [6.07, 6.45) is 2.66. The zero-order chi connectivity index (χ0) is 19.6. The molecule has 8 nitrogen and oxygen atoms in total. The second-order valence-electron chi connectivity index (χ2n) is 6.79. The molecule has 28 heavy (non-hydrogen) atoms. The maximum Gasteiger partial charge on any atom is 0.258 e. The Bertz CT molecular complexity index is 901. The van der Waals surface area contributed by atoms with E-state index in [0.717, 1.165) is 19.3 Å². The highest BCUT2D eigenvalue weighted by Gasteiger charge is 2.33. The molecular weight excluding hydrogens is 384 g/mol. The molecule has 0 aliphatic heterocycles. The van der Waals surface area contributed by atoms with E-state index in [1.807, 2.05) is 6.92 Å². The van der Waals surface area contributed by atoms with Gasteiger partial charge in [-0.15, -0.1) is 12.4 Å². The van der Waals surface area contributed by atoms with E-state index >= 15 is 0 Å². The number of methoxy groups -OCH3 is 2. The summed E-state index contributed by atoms with van der Waals surface area (Å²) in [5.41, 5.74) is 6.29. The average Bonchev–Trinajstić information content (AvgIpc) is 3.10. The van der Waals surface area contributed by atoms with Crippen molar-refractivity contribution < 1.29 is 14.3 Å². The van der Waals surface area contributed by atoms with Crippen molar-refractivity contribution in [2.75, 3.05) is 20.8 Å². The molecule has 9 heteroatoms. The van der Waals surface area contributed by atoms with E-state index in [9.17, 15) is 9.59 Å². The van der Waals surface area contributed by atoms with Gasteiger partial charge < -0.3 is 25.1 Å². The van der Waals surface area contributed by atoms with Gasteiger partial charge in [-0.05, 0) is 25.8 Å². The molecule has 1 aliphatic rings. The Balaban J connectivity index is 0.00000280. The fraction of sp³-hybridized carbons (Fsp3) is 0.526. The van der Waals surface area contributed by atoms with Gasteiger partial charge in [0.15, 0.2) is 11.5 Å². The topological polar surface area (TPSA) is 111 Å². The quantitative estimate of drug-likeness (QED) is 0.751. The van der Waals surface area contributed by atoms with Gasteiger partial charge in [-0.1, -0.05) is 6.42 Å². The number of nitrogens with zero attached hydrogens (tertiary/aromatic N) is 2. The number of halogens is 1. The van der Waals surface area contributed by atoms with Crippen LogP contribution < -0.4 is 20.8 Å². The lowest BCUT2D eigenvalue weighted by Gasteiger charge is -2.25. The van der Waals surface area contributed by atoms with E-state index in [2.05, 4.69) is 9.97 Å². The van der Waals surface area contributed by atoms with E-state index in [-0.39, 0.29) is 42.4 Å². The molecule has 3 rings (SSSR count). The number of benzene rings is 1. The van der Waals surface area contributed by atoms with Crippen molar-refractivity contribution in [3.63, 3.8) is 0 Å². The molecule has 1 heterocycles. The number of carbonyl (C=O) groups is 1. The van der Waals surface area contributed by atoms with Crippen molar-refractivity contribution in [3.8, 4) is 11.5 Å². The molecule has 0 bridgehead atoms. The SMILES string of the molecule is CCN(Cc1nc2cc(OC)c(OC)cc2c(=O)[nH]1)C(=O)C1CCCC1N.Cl. The van der Waals surface area contributed by atoms with Gasteiger partial charge in [0.2, 0.25) is 5.91 Å². The summed E-state index contributed by atoms with van der Waals surface area (Å²) in [4.78, 5) is 34.3. The summed E-state index contributed by atoms with van der Waals surface area (Å²) in [6.45, 7) is 2.67. The third-order valence-corrected chi connectivity index (χ3v) is 5.18. The van der Waals surface area contributed by atoms with E-state index in [1.165, 1.54) is 14.2 Å². The summed E-state index contributed by atoms with van der Waals surface area (Å²) in [7, 11) is 3.04. The number of nitrogens with one attached hydrogen (secondary N) is 1. The first-order chi connectivity index (χ1) is 13.0. The van der Waals surface area contributed by atoms with Crippen LogP contribution in [0.1, 0.15) is 32.0 Å². The van der Waals surface area contributed by atoms with E-state index in [4.69, 9.17) is 15.2 Å². The van der Waals surface area contributed by atoms with E-state index < -0.39 is 0 Å². The molecule has 1 aromatic heterocycles. The zero-order valence-electron chi connectivity index (χ0n) is 16.4. The summed E-state index contributed by atoms with van der Waals surface area (Å²) in [6, 6.07) is 3.17. The highest BCUT2D eigenvalue weighted by Crippen LogP contribution is 2.30. The summed E-state index contributed by atoms with van der Waals surface area (Å²) >= 11 is 0. The Morgan fingerprint density at radius 1 is 1.29 bits per heavy atom. The number of hydrogen-bond donors (Lipinski definition) is 2. The van der Waals surface area contributed by atoms with Gasteiger partial charge in [0.25, 0.3) is 5.56 Å². The third-order valence-electron chi connectivity index (χ3n) is 5.18. The lowest BCUT2D eigenvalue weighted by atomic mass is 10.0. The standard InChI is InChI=1S/C19H26N4O4.ClH/c1-4-23(19(25)11-6-5-7-13(11)20)10-17-21-14-9-16(27-3)15(26-2)8-12(14)18(24)22-17;/h8-9,11,13H,4-7,10,20H2,1-3H3,(H,21,22,24);1H. The van der Waals surface area contributed by atoms with E-state index in [1.54, 1.807) is 17.0 Å². The molecular formula is C19H27ClN4O4. The van der Waals surface area contributed by atoms with Gasteiger partial charge in [-0.3, -0.25) is 9.59 Å². The molecule has 1 saturated carbocycles. The Kier molecular flexibility index (Phi) is 7.26. The molecule has 2 unspecified atom stereocenters. The van der Waals surface area contributed by atoms with Crippen LogP contribution in [0.25, 0.3) is 10.9 Å². The zero-order valence-corrected chi connectivity index (χ0v) is 17.2. The number of H-pyrrole nitrogens is 1. The number of aromatic nitrogens is 2. The van der Waals surface area contributed by atoms with Gasteiger partial charge in [-0.2, -0.15) is 0 Å². The molecule has 3 N–H and O–H groups in total. The molecule has 2 atom stereocenters. The molecule has 2 aromatic rings. The number of amides is 1. The Morgan fingerprint density at radius 2 is 1.96 bits per heavy atom. The van der Waals surface area contributed by atoms with Crippen LogP contribution in [-0.2, 0) is 11.3 Å². The average molecular weight is 411 g/mol. The number of nitrogens with two attached hydrogens (primary N) is 1. The van der Waals surface area contributed by atoms with Crippen molar-refractivity contribution in [1.29, 1.82) is 0 Å². The molecule has 0 radical (unpaired) electrons. The van der Waals surface area contributed by atoms with Crippen LogP contribution >= 0.6 is 12.4 Å². The summed E-state index contributed by atoms with van der Waals surface area (Å²) in [5.74, 6) is 1.26. The third kappa shape index (κ3) is 4.23. The first kappa shape index (κ1) is 22.0. The maximum atomic E-state index is 12.8. The first-order valence-electron chi connectivity index (χ1n) is 9.17. The lowest BCUT2D eigenvalue weighted by Crippen LogP contribution is -2.41. The number of rotatable bonds is 6. The van der Waals surface area contributed by atoms with Crippen molar-refractivity contribution in [3.05, 3.63) is 28.3 Å². The van der Waals surface area contributed by atoms with Crippen LogP contribution in [0.15, 0.2) is 16.9 Å². The highest BCUT2D eigenvalue weighted by molar-refractivity contribution is 5.85. The molecule has 154 valence electrons. The summed E-state index contributed by atoms with van der Waals surface area (Å²) < 4.78 is 10.5. The first-order valence-corrected chi connectivity index (χ1v) is 9.17. The van der Waals surface area contributed by atoms with Crippen LogP contribution in [0.5, 0.6) is 11.5 Å². The minimum atomic E-state index is -0.281. The number of fused-ring (bicyclic) bond motifs is 1. The van der Waals surface area contributed by atoms with Gasteiger partial charge in [-0.25, -0.2) is 4.98 Å². The lowest BCUT2D eigenvalue weighted by molar-refractivity contribution is -0.136. The molecule has 1 aromatic carbocycles. The van der Waals surface area contributed by atoms with Crippen LogP contribution in [0.4, 0.5) is 0 Å². The molecule has 0 spiro atoms. The van der Waals surface area contributed by atoms with Gasteiger partial charge in [0, 0.05) is 18.7 Å². The minimum Gasteiger partial charge on any atom is -0.493 e. The Labute approximate surface area is 169 Å².